The number of hydrogen-bond acceptors (Lipinski definition) is 2. The maximum absolute atomic E-state index is 12.6. The highest BCUT2D eigenvalue weighted by Crippen LogP contribution is 2.39. The smallest absolute Gasteiger partial charge is 0.269 e. The fraction of sp³-hybridized carbons (Fsp3) is 0.440. The number of hydrogen-bond donors (Lipinski definition) is 1. The maximum Gasteiger partial charge on any atom is 0.269 e. The van der Waals surface area contributed by atoms with Gasteiger partial charge in [0.2, 0.25) is 0 Å². The summed E-state index contributed by atoms with van der Waals surface area (Å²) in [4.78, 5) is 17.3. The van der Waals surface area contributed by atoms with Crippen molar-refractivity contribution in [1.29, 1.82) is 0 Å². The maximum atomic E-state index is 12.6. The summed E-state index contributed by atoms with van der Waals surface area (Å²) in [6.45, 7) is 10.4. The third kappa shape index (κ3) is 4.81. The summed E-state index contributed by atoms with van der Waals surface area (Å²) in [5.74, 6) is 7.36. The zero-order valence-electron chi connectivity index (χ0n) is 17.3. The van der Waals surface area contributed by atoms with E-state index >= 15 is 0 Å². The van der Waals surface area contributed by atoms with Crippen LogP contribution in [0.2, 0.25) is 0 Å². The molecule has 1 amide bonds. The lowest BCUT2D eigenvalue weighted by molar-refractivity contribution is -0.110. The van der Waals surface area contributed by atoms with Crippen molar-refractivity contribution < 1.29 is 4.79 Å². The van der Waals surface area contributed by atoms with Crippen molar-refractivity contribution in [2.45, 2.75) is 59.3 Å². The summed E-state index contributed by atoms with van der Waals surface area (Å²) < 4.78 is 0. The molecule has 28 heavy (non-hydrogen) atoms. The SMILES string of the molecule is C=C1CCC(N=C(C)C(=O)Nc2cccc(CC)c2)=C(C)CC1C1CC#CC1. The molecule has 3 rings (SSSR count). The molecule has 2 aliphatic rings. The van der Waals surface area contributed by atoms with Crippen LogP contribution in [0.3, 0.4) is 0 Å². The molecule has 3 heteroatoms. The Bertz CT molecular complexity index is 885. The fourth-order valence-corrected chi connectivity index (χ4v) is 4.03. The van der Waals surface area contributed by atoms with Crippen molar-refractivity contribution in [3.8, 4) is 11.8 Å². The van der Waals surface area contributed by atoms with Crippen molar-refractivity contribution in [3.63, 3.8) is 0 Å². The summed E-state index contributed by atoms with van der Waals surface area (Å²) >= 11 is 0. The van der Waals surface area contributed by atoms with E-state index in [1.807, 2.05) is 18.2 Å². The van der Waals surface area contributed by atoms with Crippen molar-refractivity contribution in [2.24, 2.45) is 16.8 Å². The average Bonchev–Trinajstić information content (AvgIpc) is 3.18. The molecule has 0 heterocycles. The Labute approximate surface area is 169 Å². The lowest BCUT2D eigenvalue weighted by Crippen LogP contribution is -2.20. The predicted octanol–water partition coefficient (Wildman–Crippen LogP) is 5.69. The van der Waals surface area contributed by atoms with Crippen LogP contribution in [0.1, 0.15) is 58.4 Å². The molecule has 1 aromatic rings. The van der Waals surface area contributed by atoms with Crippen LogP contribution in [0.5, 0.6) is 0 Å². The van der Waals surface area contributed by atoms with Gasteiger partial charge in [-0.15, -0.1) is 11.8 Å². The van der Waals surface area contributed by atoms with Gasteiger partial charge < -0.3 is 5.32 Å². The number of allylic oxidation sites excluding steroid dienone is 3. The van der Waals surface area contributed by atoms with Crippen LogP contribution in [-0.4, -0.2) is 11.6 Å². The number of anilines is 1. The zero-order valence-corrected chi connectivity index (χ0v) is 17.3. The van der Waals surface area contributed by atoms with E-state index in [0.29, 0.717) is 17.5 Å². The van der Waals surface area contributed by atoms with E-state index in [4.69, 9.17) is 4.99 Å². The van der Waals surface area contributed by atoms with Gasteiger partial charge >= 0.3 is 0 Å². The van der Waals surface area contributed by atoms with Gasteiger partial charge in [0.25, 0.3) is 5.91 Å². The van der Waals surface area contributed by atoms with Gasteiger partial charge in [-0.2, -0.15) is 0 Å². The first-order valence-electron chi connectivity index (χ1n) is 10.3. The van der Waals surface area contributed by atoms with Crippen molar-refractivity contribution in [2.75, 3.05) is 5.32 Å². The number of nitrogens with zero attached hydrogens (tertiary/aromatic N) is 1. The van der Waals surface area contributed by atoms with Crippen LogP contribution in [0, 0.1) is 23.7 Å². The highest BCUT2D eigenvalue weighted by Gasteiger charge is 2.28. The lowest BCUT2D eigenvalue weighted by Gasteiger charge is -2.23. The molecule has 146 valence electrons. The Morgan fingerprint density at radius 3 is 2.75 bits per heavy atom. The van der Waals surface area contributed by atoms with Crippen LogP contribution in [-0.2, 0) is 11.2 Å². The van der Waals surface area contributed by atoms with Crippen LogP contribution in [0.15, 0.2) is 52.7 Å². The first kappa shape index (κ1) is 20.1. The van der Waals surface area contributed by atoms with Gasteiger partial charge in [0.15, 0.2) is 0 Å². The number of rotatable bonds is 5. The highest BCUT2D eigenvalue weighted by molar-refractivity contribution is 6.42. The minimum Gasteiger partial charge on any atom is -0.321 e. The number of nitrogens with one attached hydrogen (secondary N) is 1. The van der Waals surface area contributed by atoms with Gasteiger partial charge in [0.05, 0.1) is 0 Å². The molecule has 0 saturated carbocycles. The van der Waals surface area contributed by atoms with E-state index in [2.05, 4.69) is 43.7 Å². The number of amides is 1. The van der Waals surface area contributed by atoms with Crippen LogP contribution < -0.4 is 5.32 Å². The lowest BCUT2D eigenvalue weighted by atomic mass is 9.80. The predicted molar refractivity (Wildman–Crippen MR) is 117 cm³/mol. The number of aryl methyl sites for hydroxylation is 1. The molecule has 1 N–H and O–H groups in total. The first-order chi connectivity index (χ1) is 13.5. The van der Waals surface area contributed by atoms with Gasteiger partial charge in [-0.05, 0) is 69.1 Å². The summed E-state index contributed by atoms with van der Waals surface area (Å²) in [5.41, 5.74) is 6.14. The van der Waals surface area contributed by atoms with Gasteiger partial charge in [-0.3, -0.25) is 9.79 Å². The van der Waals surface area contributed by atoms with Crippen LogP contribution in [0.4, 0.5) is 5.69 Å². The second-order valence-corrected chi connectivity index (χ2v) is 7.92. The van der Waals surface area contributed by atoms with Crippen molar-refractivity contribution in [1.82, 2.24) is 0 Å². The summed E-state index contributed by atoms with van der Waals surface area (Å²) in [6.07, 6.45) is 5.66. The molecule has 0 aliphatic heterocycles. The van der Waals surface area contributed by atoms with E-state index in [0.717, 1.165) is 49.9 Å². The summed E-state index contributed by atoms with van der Waals surface area (Å²) in [6, 6.07) is 7.96. The summed E-state index contributed by atoms with van der Waals surface area (Å²) in [7, 11) is 0. The molecular formula is C25H30N2O. The molecule has 0 fully saturated rings. The fourth-order valence-electron chi connectivity index (χ4n) is 4.03. The Morgan fingerprint density at radius 2 is 2.04 bits per heavy atom. The van der Waals surface area contributed by atoms with Crippen molar-refractivity contribution in [3.05, 3.63) is 53.3 Å². The molecule has 0 radical (unpaired) electrons. The Hall–Kier alpha value is -2.60. The molecule has 1 atom stereocenters. The van der Waals surface area contributed by atoms with Gasteiger partial charge in [-0.1, -0.05) is 36.8 Å². The number of carbonyl (C=O) groups excluding carboxylic acids is 1. The molecule has 0 saturated heterocycles. The van der Waals surface area contributed by atoms with E-state index in [9.17, 15) is 4.79 Å². The third-order valence-electron chi connectivity index (χ3n) is 5.87. The monoisotopic (exact) mass is 374 g/mol. The molecular weight excluding hydrogens is 344 g/mol. The summed E-state index contributed by atoms with van der Waals surface area (Å²) in [5, 5.41) is 2.97. The second-order valence-electron chi connectivity index (χ2n) is 7.92. The minimum absolute atomic E-state index is 0.141. The topological polar surface area (TPSA) is 41.5 Å². The minimum atomic E-state index is -0.141. The molecule has 0 bridgehead atoms. The Kier molecular flexibility index (Phi) is 6.52. The zero-order chi connectivity index (χ0) is 20.1. The molecule has 0 aromatic heterocycles. The van der Waals surface area contributed by atoms with Gasteiger partial charge in [-0.25, -0.2) is 0 Å². The number of carbonyl (C=O) groups is 1. The first-order valence-corrected chi connectivity index (χ1v) is 10.3. The van der Waals surface area contributed by atoms with Crippen molar-refractivity contribution >= 4 is 17.3 Å². The molecule has 1 aromatic carbocycles. The molecule has 1 unspecified atom stereocenters. The molecule has 0 spiro atoms. The van der Waals surface area contributed by atoms with E-state index in [1.54, 1.807) is 6.92 Å². The number of benzene rings is 1. The third-order valence-corrected chi connectivity index (χ3v) is 5.87. The van der Waals surface area contributed by atoms with E-state index in [1.165, 1.54) is 16.7 Å². The standard InChI is InChI=1S/C25H30N2O/c1-5-20-9-8-12-22(16-20)27-25(28)19(4)26-24-14-13-17(2)23(15-18(24)3)21-10-6-7-11-21/h8-9,12,16,21,23H,2,5,10-11,13-15H2,1,3-4H3,(H,27,28). The Morgan fingerprint density at radius 1 is 1.29 bits per heavy atom. The van der Waals surface area contributed by atoms with E-state index in [-0.39, 0.29) is 5.91 Å². The van der Waals surface area contributed by atoms with Crippen LogP contribution >= 0.6 is 0 Å². The van der Waals surface area contributed by atoms with Gasteiger partial charge in [0.1, 0.15) is 5.71 Å². The molecule has 2 aliphatic carbocycles. The quantitative estimate of drug-likeness (QED) is 0.401. The van der Waals surface area contributed by atoms with Gasteiger partial charge in [0, 0.05) is 24.2 Å². The largest absolute Gasteiger partial charge is 0.321 e. The normalized spacial score (nSPS) is 20.6. The second kappa shape index (κ2) is 9.06. The number of aliphatic imine (C=N–C) groups is 1. The van der Waals surface area contributed by atoms with Crippen LogP contribution in [0.25, 0.3) is 0 Å². The van der Waals surface area contributed by atoms with E-state index < -0.39 is 0 Å². The average molecular weight is 375 g/mol. The molecule has 3 nitrogen and oxygen atoms in total. The highest BCUT2D eigenvalue weighted by atomic mass is 16.1. The Balaban J connectivity index is 1.72.